The summed E-state index contributed by atoms with van der Waals surface area (Å²) < 4.78 is 26.4. The number of carbonyl (C=O) groups is 1. The molecule has 0 saturated heterocycles. The molecule has 0 aromatic carbocycles. The first-order valence-corrected chi connectivity index (χ1v) is 4.00. The first kappa shape index (κ1) is 9.04. The molecule has 1 atom stereocenters. The second-order valence-corrected chi connectivity index (χ2v) is 3.30. The number of carbonyl (C=O) groups excluding carboxylic acids is 1. The number of nitrogens with two attached hydrogens (primary N) is 1. The Bertz CT molecular complexity index is 400. The largest absolute Gasteiger partial charge is 0.363 e. The van der Waals surface area contributed by atoms with Crippen LogP contribution in [0.4, 0.5) is 8.78 Å². The molecule has 0 bridgehead atoms. The molecular formula is C7H8F2N4O. The van der Waals surface area contributed by atoms with Crippen LogP contribution in [0.5, 0.6) is 0 Å². The summed E-state index contributed by atoms with van der Waals surface area (Å²) in [5.41, 5.74) is 4.97. The number of halogens is 2. The fourth-order valence-corrected chi connectivity index (χ4v) is 1.26. The molecule has 1 aliphatic rings. The molecule has 7 heteroatoms. The van der Waals surface area contributed by atoms with E-state index in [1.165, 1.54) is 7.05 Å². The number of hydrogen-bond donors (Lipinski definition) is 1. The van der Waals surface area contributed by atoms with Crippen molar-refractivity contribution in [3.63, 3.8) is 0 Å². The molecule has 1 saturated carbocycles. The molecule has 0 aliphatic heterocycles. The van der Waals surface area contributed by atoms with Gasteiger partial charge in [-0.25, -0.2) is 18.4 Å². The highest BCUT2D eigenvalue weighted by Crippen LogP contribution is 2.54. The minimum atomic E-state index is -2.73. The van der Waals surface area contributed by atoms with Crippen LogP contribution in [0.15, 0.2) is 0 Å². The lowest BCUT2D eigenvalue weighted by molar-refractivity contribution is 0.0985. The van der Waals surface area contributed by atoms with Crippen LogP contribution in [0.25, 0.3) is 0 Å². The van der Waals surface area contributed by atoms with E-state index in [0.29, 0.717) is 0 Å². The Hall–Kier alpha value is -1.53. The third-order valence-electron chi connectivity index (χ3n) is 2.14. The van der Waals surface area contributed by atoms with Crippen LogP contribution < -0.4 is 5.73 Å². The SMILES string of the molecule is Cn1nc(C2CC2(F)F)nc1C(N)=O. The summed E-state index contributed by atoms with van der Waals surface area (Å²) in [7, 11) is 1.44. The van der Waals surface area contributed by atoms with Gasteiger partial charge in [-0.05, 0) is 0 Å². The molecule has 1 fully saturated rings. The van der Waals surface area contributed by atoms with E-state index < -0.39 is 17.7 Å². The van der Waals surface area contributed by atoms with Crippen molar-refractivity contribution in [1.82, 2.24) is 14.8 Å². The number of rotatable bonds is 2. The minimum Gasteiger partial charge on any atom is -0.363 e. The zero-order valence-electron chi connectivity index (χ0n) is 7.37. The quantitative estimate of drug-likeness (QED) is 0.735. The molecule has 1 heterocycles. The van der Waals surface area contributed by atoms with Crippen molar-refractivity contribution in [1.29, 1.82) is 0 Å². The number of primary amides is 1. The summed E-state index contributed by atoms with van der Waals surface area (Å²) >= 11 is 0. The molecule has 1 amide bonds. The Balaban J connectivity index is 2.30. The van der Waals surface area contributed by atoms with E-state index in [9.17, 15) is 13.6 Å². The lowest BCUT2D eigenvalue weighted by atomic mass is 10.4. The fraction of sp³-hybridized carbons (Fsp3) is 0.571. The predicted molar refractivity (Wildman–Crippen MR) is 41.8 cm³/mol. The Morgan fingerprint density at radius 1 is 1.71 bits per heavy atom. The van der Waals surface area contributed by atoms with E-state index in [1.807, 2.05) is 0 Å². The van der Waals surface area contributed by atoms with E-state index in [1.54, 1.807) is 0 Å². The van der Waals surface area contributed by atoms with E-state index in [-0.39, 0.29) is 18.1 Å². The van der Waals surface area contributed by atoms with Gasteiger partial charge in [-0.3, -0.25) is 4.79 Å². The highest BCUT2D eigenvalue weighted by atomic mass is 19.3. The first-order chi connectivity index (χ1) is 6.42. The molecule has 2 rings (SSSR count). The number of aryl methyl sites for hydroxylation is 1. The lowest BCUT2D eigenvalue weighted by Gasteiger charge is -1.90. The van der Waals surface area contributed by atoms with Crippen molar-refractivity contribution in [3.05, 3.63) is 11.6 Å². The highest BCUT2D eigenvalue weighted by molar-refractivity contribution is 5.89. The first-order valence-electron chi connectivity index (χ1n) is 4.00. The van der Waals surface area contributed by atoms with Gasteiger partial charge in [0.2, 0.25) is 5.82 Å². The highest BCUT2D eigenvalue weighted by Gasteiger charge is 2.60. The van der Waals surface area contributed by atoms with E-state index in [4.69, 9.17) is 5.73 Å². The summed E-state index contributed by atoms with van der Waals surface area (Å²) in [5, 5.41) is 3.71. The van der Waals surface area contributed by atoms with Crippen LogP contribution >= 0.6 is 0 Å². The number of nitrogens with zero attached hydrogens (tertiary/aromatic N) is 3. The van der Waals surface area contributed by atoms with Gasteiger partial charge in [-0.2, -0.15) is 5.10 Å². The lowest BCUT2D eigenvalue weighted by Crippen LogP contribution is -2.16. The molecule has 14 heavy (non-hydrogen) atoms. The minimum absolute atomic E-state index is 0.00806. The van der Waals surface area contributed by atoms with Crippen LogP contribution in [0.3, 0.4) is 0 Å². The summed E-state index contributed by atoms with van der Waals surface area (Å²) in [6.45, 7) is 0. The molecule has 76 valence electrons. The Morgan fingerprint density at radius 2 is 2.29 bits per heavy atom. The third kappa shape index (κ3) is 1.24. The van der Waals surface area contributed by atoms with Crippen molar-refractivity contribution in [2.75, 3.05) is 0 Å². The van der Waals surface area contributed by atoms with Gasteiger partial charge in [-0.15, -0.1) is 0 Å². The Labute approximate surface area is 77.9 Å². The summed E-state index contributed by atoms with van der Waals surface area (Å²) in [5.74, 6) is -4.55. The van der Waals surface area contributed by atoms with Crippen LogP contribution in [-0.4, -0.2) is 26.6 Å². The van der Waals surface area contributed by atoms with Crippen molar-refractivity contribution in [2.45, 2.75) is 18.3 Å². The van der Waals surface area contributed by atoms with Crippen molar-refractivity contribution < 1.29 is 13.6 Å². The molecule has 1 aromatic rings. The van der Waals surface area contributed by atoms with Crippen LogP contribution in [0.1, 0.15) is 28.8 Å². The second kappa shape index (κ2) is 2.49. The van der Waals surface area contributed by atoms with Gasteiger partial charge in [0.25, 0.3) is 11.8 Å². The Kier molecular flexibility index (Phi) is 1.61. The molecular weight excluding hydrogens is 194 g/mol. The Morgan fingerprint density at radius 3 is 2.64 bits per heavy atom. The van der Waals surface area contributed by atoms with Crippen molar-refractivity contribution in [3.8, 4) is 0 Å². The smallest absolute Gasteiger partial charge is 0.286 e. The normalized spacial score (nSPS) is 23.5. The molecule has 5 nitrogen and oxygen atoms in total. The van der Waals surface area contributed by atoms with E-state index >= 15 is 0 Å². The zero-order valence-corrected chi connectivity index (χ0v) is 7.37. The van der Waals surface area contributed by atoms with Gasteiger partial charge in [0, 0.05) is 13.5 Å². The standard InChI is InChI=1S/C7H8F2N4O/c1-13-6(4(10)14)11-5(12-13)3-2-7(3,8)9/h3H,2H2,1H3,(H2,10,14). The van der Waals surface area contributed by atoms with Gasteiger partial charge in [0.1, 0.15) is 0 Å². The van der Waals surface area contributed by atoms with E-state index in [0.717, 1.165) is 4.68 Å². The summed E-state index contributed by atoms with van der Waals surface area (Å²) in [6, 6.07) is 0. The summed E-state index contributed by atoms with van der Waals surface area (Å²) in [4.78, 5) is 14.4. The average Bonchev–Trinajstić information content (AvgIpc) is 2.54. The molecule has 2 N–H and O–H groups in total. The number of alkyl halides is 2. The molecule has 1 aromatic heterocycles. The van der Waals surface area contributed by atoms with Gasteiger partial charge >= 0.3 is 0 Å². The van der Waals surface area contributed by atoms with Crippen LogP contribution in [0.2, 0.25) is 0 Å². The second-order valence-electron chi connectivity index (χ2n) is 3.30. The molecule has 1 aliphatic carbocycles. The summed E-state index contributed by atoms with van der Waals surface area (Å²) in [6.07, 6.45) is -0.255. The van der Waals surface area contributed by atoms with E-state index in [2.05, 4.69) is 10.1 Å². The van der Waals surface area contributed by atoms with Gasteiger partial charge < -0.3 is 5.73 Å². The van der Waals surface area contributed by atoms with Crippen LogP contribution in [-0.2, 0) is 7.05 Å². The maximum Gasteiger partial charge on any atom is 0.286 e. The predicted octanol–water partition coefficient (Wildman–Crippen LogP) is 0.0366. The van der Waals surface area contributed by atoms with Crippen LogP contribution in [0, 0.1) is 0 Å². The number of amides is 1. The van der Waals surface area contributed by atoms with Crippen molar-refractivity contribution >= 4 is 5.91 Å². The molecule has 0 spiro atoms. The topological polar surface area (TPSA) is 73.8 Å². The monoisotopic (exact) mass is 202 g/mol. The van der Waals surface area contributed by atoms with Gasteiger partial charge in [0.15, 0.2) is 5.82 Å². The maximum absolute atomic E-state index is 12.6. The molecule has 1 unspecified atom stereocenters. The number of aromatic nitrogens is 3. The number of hydrogen-bond acceptors (Lipinski definition) is 3. The molecule has 0 radical (unpaired) electrons. The third-order valence-corrected chi connectivity index (χ3v) is 2.14. The fourth-order valence-electron chi connectivity index (χ4n) is 1.26. The maximum atomic E-state index is 12.6. The average molecular weight is 202 g/mol. The van der Waals surface area contributed by atoms with Gasteiger partial charge in [0.05, 0.1) is 5.92 Å². The van der Waals surface area contributed by atoms with Gasteiger partial charge in [-0.1, -0.05) is 0 Å². The van der Waals surface area contributed by atoms with Crippen molar-refractivity contribution in [2.24, 2.45) is 12.8 Å². The zero-order chi connectivity index (χ0) is 10.5.